The zero-order valence-corrected chi connectivity index (χ0v) is 13.6. The van der Waals surface area contributed by atoms with Crippen LogP contribution in [0.25, 0.3) is 22.2 Å². The molecule has 4 rings (SSSR count). The lowest BCUT2D eigenvalue weighted by molar-refractivity contribution is 0.221. The Balaban J connectivity index is 1.59. The normalized spacial score (nSPS) is 16.0. The molecule has 0 amide bonds. The SMILES string of the molecule is Cn1ncc2c(-c3ccc(CN4CCCCC4)cc3)ccnc21. The maximum absolute atomic E-state index is 4.42. The summed E-state index contributed by atoms with van der Waals surface area (Å²) in [6.45, 7) is 3.55. The number of nitrogens with zero attached hydrogens (tertiary/aromatic N) is 4. The van der Waals surface area contributed by atoms with Crippen LogP contribution < -0.4 is 0 Å². The van der Waals surface area contributed by atoms with Crippen molar-refractivity contribution in [1.29, 1.82) is 0 Å². The fourth-order valence-electron chi connectivity index (χ4n) is 3.46. The molecule has 4 nitrogen and oxygen atoms in total. The number of hydrogen-bond donors (Lipinski definition) is 0. The third-order valence-corrected chi connectivity index (χ3v) is 4.76. The molecule has 0 unspecified atom stereocenters. The van der Waals surface area contributed by atoms with E-state index in [2.05, 4.69) is 45.3 Å². The van der Waals surface area contributed by atoms with Crippen molar-refractivity contribution in [2.24, 2.45) is 7.05 Å². The summed E-state index contributed by atoms with van der Waals surface area (Å²) < 4.78 is 1.82. The molecule has 1 aliphatic rings. The summed E-state index contributed by atoms with van der Waals surface area (Å²) in [5.41, 5.74) is 4.76. The van der Waals surface area contributed by atoms with Crippen molar-refractivity contribution in [2.45, 2.75) is 25.8 Å². The molecule has 2 aromatic heterocycles. The summed E-state index contributed by atoms with van der Waals surface area (Å²) in [6.07, 6.45) is 7.83. The molecule has 0 spiro atoms. The smallest absolute Gasteiger partial charge is 0.158 e. The molecule has 0 radical (unpaired) electrons. The molecule has 0 aliphatic carbocycles. The number of pyridine rings is 1. The molecule has 1 aliphatic heterocycles. The summed E-state index contributed by atoms with van der Waals surface area (Å²) in [4.78, 5) is 6.98. The predicted molar refractivity (Wildman–Crippen MR) is 93.1 cm³/mol. The monoisotopic (exact) mass is 306 g/mol. The van der Waals surface area contributed by atoms with Gasteiger partial charge in [-0.2, -0.15) is 5.10 Å². The van der Waals surface area contributed by atoms with Crippen molar-refractivity contribution in [3.63, 3.8) is 0 Å². The van der Waals surface area contributed by atoms with Crippen LogP contribution in [0.1, 0.15) is 24.8 Å². The number of benzene rings is 1. The Hall–Kier alpha value is -2.20. The van der Waals surface area contributed by atoms with Gasteiger partial charge < -0.3 is 0 Å². The van der Waals surface area contributed by atoms with Crippen LogP contribution >= 0.6 is 0 Å². The Bertz CT molecular complexity index is 798. The van der Waals surface area contributed by atoms with Crippen molar-refractivity contribution in [3.8, 4) is 11.1 Å². The van der Waals surface area contributed by atoms with Gasteiger partial charge in [0, 0.05) is 25.2 Å². The lowest BCUT2D eigenvalue weighted by atomic mass is 10.0. The number of aryl methyl sites for hydroxylation is 1. The Labute approximate surface area is 136 Å². The van der Waals surface area contributed by atoms with E-state index in [0.29, 0.717) is 0 Å². The van der Waals surface area contributed by atoms with Crippen LogP contribution in [-0.2, 0) is 13.6 Å². The predicted octanol–water partition coefficient (Wildman–Crippen LogP) is 3.62. The van der Waals surface area contributed by atoms with E-state index < -0.39 is 0 Å². The van der Waals surface area contributed by atoms with Gasteiger partial charge in [-0.3, -0.25) is 9.58 Å². The van der Waals surface area contributed by atoms with Crippen LogP contribution in [0, 0.1) is 0 Å². The molecule has 0 N–H and O–H groups in total. The first kappa shape index (κ1) is 14.4. The molecule has 118 valence electrons. The van der Waals surface area contributed by atoms with Crippen molar-refractivity contribution >= 4 is 11.0 Å². The summed E-state index contributed by atoms with van der Waals surface area (Å²) in [5.74, 6) is 0. The number of aromatic nitrogens is 3. The molecular formula is C19H22N4. The van der Waals surface area contributed by atoms with Gasteiger partial charge in [-0.15, -0.1) is 0 Å². The van der Waals surface area contributed by atoms with Crippen molar-refractivity contribution < 1.29 is 0 Å². The van der Waals surface area contributed by atoms with Gasteiger partial charge in [0.05, 0.1) is 6.20 Å². The van der Waals surface area contributed by atoms with Gasteiger partial charge >= 0.3 is 0 Å². The molecule has 3 aromatic rings. The minimum Gasteiger partial charge on any atom is -0.299 e. The Kier molecular flexibility index (Phi) is 3.83. The average molecular weight is 306 g/mol. The molecule has 1 saturated heterocycles. The standard InChI is InChI=1S/C19H22N4/c1-22-19-18(13-21-22)17(9-10-20-19)16-7-5-15(6-8-16)14-23-11-3-2-4-12-23/h5-10,13H,2-4,11-12,14H2,1H3. The first-order valence-electron chi connectivity index (χ1n) is 8.40. The summed E-state index contributed by atoms with van der Waals surface area (Å²) >= 11 is 0. The number of piperidine rings is 1. The molecule has 1 fully saturated rings. The van der Waals surface area contributed by atoms with E-state index in [4.69, 9.17) is 0 Å². The van der Waals surface area contributed by atoms with Crippen molar-refractivity contribution in [1.82, 2.24) is 19.7 Å². The fraction of sp³-hybridized carbons (Fsp3) is 0.368. The molecule has 23 heavy (non-hydrogen) atoms. The second-order valence-electron chi connectivity index (χ2n) is 6.40. The average Bonchev–Trinajstić information content (AvgIpc) is 2.98. The van der Waals surface area contributed by atoms with Crippen LogP contribution in [0.5, 0.6) is 0 Å². The maximum atomic E-state index is 4.42. The van der Waals surface area contributed by atoms with Crippen molar-refractivity contribution in [3.05, 3.63) is 48.3 Å². The Morgan fingerprint density at radius 2 is 1.78 bits per heavy atom. The largest absolute Gasteiger partial charge is 0.299 e. The number of rotatable bonds is 3. The molecule has 1 aromatic carbocycles. The van der Waals surface area contributed by atoms with E-state index in [1.807, 2.05) is 24.1 Å². The van der Waals surface area contributed by atoms with Gasteiger partial charge in [-0.25, -0.2) is 4.98 Å². The van der Waals surface area contributed by atoms with Gasteiger partial charge in [-0.1, -0.05) is 30.7 Å². The van der Waals surface area contributed by atoms with E-state index in [1.165, 1.54) is 49.0 Å². The van der Waals surface area contributed by atoms with Gasteiger partial charge in [0.2, 0.25) is 0 Å². The van der Waals surface area contributed by atoms with Crippen LogP contribution in [-0.4, -0.2) is 32.8 Å². The number of likely N-dealkylation sites (tertiary alicyclic amines) is 1. The highest BCUT2D eigenvalue weighted by atomic mass is 15.3. The fourth-order valence-corrected chi connectivity index (χ4v) is 3.46. The zero-order chi connectivity index (χ0) is 15.6. The minimum atomic E-state index is 0.930. The summed E-state index contributed by atoms with van der Waals surface area (Å²) in [6, 6.07) is 11.0. The van der Waals surface area contributed by atoms with Gasteiger partial charge in [0.25, 0.3) is 0 Å². The Morgan fingerprint density at radius 3 is 2.57 bits per heavy atom. The van der Waals surface area contributed by atoms with Crippen LogP contribution in [0.4, 0.5) is 0 Å². The number of hydrogen-bond acceptors (Lipinski definition) is 3. The lowest BCUT2D eigenvalue weighted by Crippen LogP contribution is -2.28. The first-order chi connectivity index (χ1) is 11.3. The van der Waals surface area contributed by atoms with Crippen LogP contribution in [0.3, 0.4) is 0 Å². The third kappa shape index (κ3) is 2.86. The van der Waals surface area contributed by atoms with E-state index in [9.17, 15) is 0 Å². The van der Waals surface area contributed by atoms with Gasteiger partial charge in [0.1, 0.15) is 0 Å². The molecule has 0 atom stereocenters. The van der Waals surface area contributed by atoms with E-state index in [0.717, 1.165) is 17.6 Å². The molecule has 3 heterocycles. The lowest BCUT2D eigenvalue weighted by Gasteiger charge is -2.26. The van der Waals surface area contributed by atoms with Gasteiger partial charge in [0.15, 0.2) is 5.65 Å². The highest BCUT2D eigenvalue weighted by Gasteiger charge is 2.11. The topological polar surface area (TPSA) is 34.0 Å². The molecule has 4 heteroatoms. The van der Waals surface area contributed by atoms with Crippen LogP contribution in [0.15, 0.2) is 42.7 Å². The first-order valence-corrected chi connectivity index (χ1v) is 8.40. The maximum Gasteiger partial charge on any atom is 0.158 e. The molecular weight excluding hydrogens is 284 g/mol. The van der Waals surface area contributed by atoms with Crippen molar-refractivity contribution in [2.75, 3.05) is 13.1 Å². The summed E-state index contributed by atoms with van der Waals surface area (Å²) in [7, 11) is 1.93. The highest BCUT2D eigenvalue weighted by molar-refractivity contribution is 5.92. The second-order valence-corrected chi connectivity index (χ2v) is 6.40. The van der Waals surface area contributed by atoms with E-state index >= 15 is 0 Å². The highest BCUT2D eigenvalue weighted by Crippen LogP contribution is 2.27. The van der Waals surface area contributed by atoms with E-state index in [1.54, 1.807) is 0 Å². The third-order valence-electron chi connectivity index (χ3n) is 4.76. The minimum absolute atomic E-state index is 0.930. The van der Waals surface area contributed by atoms with Crippen LogP contribution in [0.2, 0.25) is 0 Å². The quantitative estimate of drug-likeness (QED) is 0.741. The molecule has 0 saturated carbocycles. The molecule has 0 bridgehead atoms. The zero-order valence-electron chi connectivity index (χ0n) is 13.6. The number of fused-ring (bicyclic) bond motifs is 1. The second kappa shape index (κ2) is 6.13. The summed E-state index contributed by atoms with van der Waals surface area (Å²) in [5, 5.41) is 5.43. The van der Waals surface area contributed by atoms with Gasteiger partial charge in [-0.05, 0) is 48.7 Å². The van der Waals surface area contributed by atoms with E-state index in [-0.39, 0.29) is 0 Å². The Morgan fingerprint density at radius 1 is 1.00 bits per heavy atom.